The van der Waals surface area contributed by atoms with Crippen LogP contribution in [0.1, 0.15) is 73.0 Å². The molecule has 0 spiro atoms. The van der Waals surface area contributed by atoms with E-state index in [2.05, 4.69) is 39.9 Å². The molecule has 2 fully saturated rings. The normalized spacial score (nSPS) is 17.7. The van der Waals surface area contributed by atoms with Gasteiger partial charge in [-0.1, -0.05) is 34.5 Å². The molecule has 2 aliphatic heterocycles. The highest BCUT2D eigenvalue weighted by atomic mass is 35.5. The van der Waals surface area contributed by atoms with E-state index in [9.17, 15) is 9.90 Å². The number of rotatable bonds is 8. The number of likely N-dealkylation sites (tertiary alicyclic amines) is 1. The largest absolute Gasteiger partial charge is 0.444 e. The number of amides is 1. The minimum Gasteiger partial charge on any atom is -0.444 e. The number of methoxy groups -OCH3 is 1. The molecule has 0 aliphatic carbocycles. The lowest BCUT2D eigenvalue weighted by Crippen LogP contribution is -2.47. The molecule has 2 aliphatic rings. The van der Waals surface area contributed by atoms with Gasteiger partial charge in [0.05, 0.1) is 0 Å². The summed E-state index contributed by atoms with van der Waals surface area (Å²) in [5.74, 6) is 1.57. The number of H-pyrrole nitrogens is 1. The Balaban J connectivity index is 0.000000931. The number of aromatic amines is 1. The van der Waals surface area contributed by atoms with E-state index < -0.39 is 19.3 Å². The zero-order valence-electron chi connectivity index (χ0n) is 25.9. The van der Waals surface area contributed by atoms with E-state index in [4.69, 9.17) is 14.2 Å². The molecule has 11 nitrogen and oxygen atoms in total. The fourth-order valence-electron chi connectivity index (χ4n) is 4.85. The van der Waals surface area contributed by atoms with Crippen molar-refractivity contribution in [3.8, 4) is 0 Å². The second-order valence-corrected chi connectivity index (χ2v) is 18.6. The third-order valence-electron chi connectivity index (χ3n) is 7.33. The maximum atomic E-state index is 12.2. The zero-order chi connectivity index (χ0) is 29.4. The molecule has 0 aromatic carbocycles. The molecular formula is C30H59ClN6O5Si. The molecule has 4 rings (SSSR count). The number of imidazole rings is 2. The van der Waals surface area contributed by atoms with Crippen LogP contribution in [0.15, 0.2) is 24.8 Å². The third kappa shape index (κ3) is 12.2. The van der Waals surface area contributed by atoms with Gasteiger partial charge in [-0.05, 0) is 52.7 Å². The topological polar surface area (TPSA) is 127 Å². The first-order chi connectivity index (χ1) is 18.8. The molecule has 1 amide bonds. The summed E-state index contributed by atoms with van der Waals surface area (Å²) in [6.45, 7) is 16.5. The van der Waals surface area contributed by atoms with Gasteiger partial charge in [-0.25, -0.2) is 14.8 Å². The summed E-state index contributed by atoms with van der Waals surface area (Å²) in [5.41, 5.74) is -1.76. The third-order valence-corrected chi connectivity index (χ3v) is 9.04. The summed E-state index contributed by atoms with van der Waals surface area (Å²) in [7, 11) is 0.634. The van der Waals surface area contributed by atoms with Crippen LogP contribution in [-0.2, 0) is 32.1 Å². The average molecular weight is 647 g/mol. The summed E-state index contributed by atoms with van der Waals surface area (Å²) < 4.78 is 18.7. The van der Waals surface area contributed by atoms with Gasteiger partial charge >= 0.3 is 6.09 Å². The van der Waals surface area contributed by atoms with Crippen molar-refractivity contribution in [3.63, 3.8) is 0 Å². The van der Waals surface area contributed by atoms with E-state index in [-0.39, 0.29) is 39.0 Å². The van der Waals surface area contributed by atoms with Crippen LogP contribution in [0.25, 0.3) is 0 Å². The molecule has 0 saturated carbocycles. The Bertz CT molecular complexity index is 1040. The molecule has 3 N–H and O–H groups in total. The van der Waals surface area contributed by atoms with Crippen LogP contribution in [0.2, 0.25) is 25.7 Å². The monoisotopic (exact) mass is 646 g/mol. The molecule has 13 heteroatoms. The Hall–Kier alpha value is -1.96. The number of halogens is 1. The molecule has 2 saturated heterocycles. The maximum Gasteiger partial charge on any atom is 0.410 e. The lowest BCUT2D eigenvalue weighted by atomic mass is 9.90. The second kappa shape index (κ2) is 17.5. The van der Waals surface area contributed by atoms with Crippen molar-refractivity contribution in [3.05, 3.63) is 36.4 Å². The van der Waals surface area contributed by atoms with Crippen LogP contribution in [0.3, 0.4) is 0 Å². The predicted molar refractivity (Wildman–Crippen MR) is 177 cm³/mol. The van der Waals surface area contributed by atoms with Gasteiger partial charge in [-0.15, -0.1) is 12.4 Å². The van der Waals surface area contributed by atoms with Crippen LogP contribution in [0.4, 0.5) is 4.79 Å². The second-order valence-electron chi connectivity index (χ2n) is 13.0. The summed E-state index contributed by atoms with van der Waals surface area (Å²) in [6.07, 6.45) is 9.64. The molecule has 250 valence electrons. The van der Waals surface area contributed by atoms with Crippen molar-refractivity contribution in [2.45, 2.75) is 111 Å². The Kier molecular flexibility index (Phi) is 16.7. The van der Waals surface area contributed by atoms with Crippen LogP contribution in [0, 0.1) is 0 Å². The number of ether oxygens (including phenoxy) is 3. The number of piperidine rings is 2. The molecule has 0 bridgehead atoms. The summed E-state index contributed by atoms with van der Waals surface area (Å²) in [5, 5.41) is 14.4. The molecule has 0 radical (unpaired) electrons. The lowest BCUT2D eigenvalue weighted by molar-refractivity contribution is -0.0468. The van der Waals surface area contributed by atoms with E-state index in [1.54, 1.807) is 24.4 Å². The first kappa shape index (κ1) is 41.0. The van der Waals surface area contributed by atoms with Crippen molar-refractivity contribution >= 4 is 26.6 Å². The minimum atomic E-state index is -1.12. The predicted octanol–water partition coefficient (Wildman–Crippen LogP) is 5.74. The fourth-order valence-corrected chi connectivity index (χ4v) is 5.61. The smallest absolute Gasteiger partial charge is 0.410 e. The molecule has 0 atom stereocenters. The molecule has 2 aromatic heterocycles. The van der Waals surface area contributed by atoms with E-state index >= 15 is 0 Å². The Morgan fingerprint density at radius 1 is 1.07 bits per heavy atom. The van der Waals surface area contributed by atoms with Gasteiger partial charge in [-0.2, -0.15) is 0 Å². The van der Waals surface area contributed by atoms with E-state index in [1.807, 2.05) is 37.7 Å². The van der Waals surface area contributed by atoms with Crippen LogP contribution >= 0.6 is 12.4 Å². The first-order valence-corrected chi connectivity index (χ1v) is 18.0. The Morgan fingerprint density at radius 3 is 2.21 bits per heavy atom. The lowest BCUT2D eigenvalue weighted by Gasteiger charge is -2.38. The zero-order valence-corrected chi connectivity index (χ0v) is 27.7. The van der Waals surface area contributed by atoms with E-state index in [1.165, 1.54) is 0 Å². The van der Waals surface area contributed by atoms with Crippen LogP contribution < -0.4 is 5.32 Å². The average Bonchev–Trinajstić information content (AvgIpc) is 3.60. The number of nitrogens with one attached hydrogen (secondary N) is 2. The Labute approximate surface area is 266 Å². The van der Waals surface area contributed by atoms with Gasteiger partial charge in [0, 0.05) is 72.5 Å². The van der Waals surface area contributed by atoms with Crippen molar-refractivity contribution in [1.82, 2.24) is 29.7 Å². The van der Waals surface area contributed by atoms with Crippen LogP contribution in [0.5, 0.6) is 0 Å². The number of nitrogens with zero attached hydrogens (tertiary/aromatic N) is 4. The highest BCUT2D eigenvalue weighted by Crippen LogP contribution is 2.33. The standard InChI is InChI=1S/C19H35N3O4Si.C9H15N3O.2CH4.ClH/c1-18(2,3)26-17(23)21-10-7-19(24,8-11-21)16-20-9-12-22(16)15-25-13-14-27(4,5)6;1-13-9(2-4-10-5-3-9)8-11-6-7-12-8;;;/h9,12,24H,7-8,10-11,13-15H2,1-6H3;6-7,10H,2-5H2,1H3,(H,11,12);2*1H4;1H. The summed E-state index contributed by atoms with van der Waals surface area (Å²) in [6, 6.07) is 1.10. The fraction of sp³-hybridized carbons (Fsp3) is 0.767. The van der Waals surface area contributed by atoms with Gasteiger partial charge < -0.3 is 39.1 Å². The number of hydrogen-bond acceptors (Lipinski definition) is 8. The molecule has 2 aromatic rings. The van der Waals surface area contributed by atoms with Crippen molar-refractivity contribution in [1.29, 1.82) is 0 Å². The first-order valence-electron chi connectivity index (χ1n) is 14.3. The minimum absolute atomic E-state index is 0. The van der Waals surface area contributed by atoms with Gasteiger partial charge in [0.1, 0.15) is 35.2 Å². The quantitative estimate of drug-likeness (QED) is 0.245. The van der Waals surface area contributed by atoms with Crippen LogP contribution in [-0.4, -0.2) is 89.2 Å². The number of hydrogen-bond donors (Lipinski definition) is 3. The molecule has 4 heterocycles. The van der Waals surface area contributed by atoms with E-state index in [0.29, 0.717) is 38.5 Å². The SMILES string of the molecule is C.C.CC(C)(C)OC(=O)N1CCC(O)(c2nccn2COCC[Si](C)(C)C)CC1.COC1(c2ncc[nH]2)CCNCC1.Cl. The van der Waals surface area contributed by atoms with E-state index in [0.717, 1.165) is 44.4 Å². The molecular weight excluding hydrogens is 588 g/mol. The number of carbonyl (C=O) groups excluding carboxylic acids is 1. The molecule has 0 unspecified atom stereocenters. The molecule has 43 heavy (non-hydrogen) atoms. The number of aliphatic hydroxyl groups is 1. The highest BCUT2D eigenvalue weighted by molar-refractivity contribution is 6.76. The van der Waals surface area contributed by atoms with Crippen molar-refractivity contribution in [2.24, 2.45) is 0 Å². The number of carbonyl (C=O) groups is 1. The van der Waals surface area contributed by atoms with Gasteiger partial charge in [0.2, 0.25) is 0 Å². The van der Waals surface area contributed by atoms with Crippen molar-refractivity contribution < 1.29 is 24.1 Å². The van der Waals surface area contributed by atoms with Gasteiger partial charge in [0.15, 0.2) is 0 Å². The maximum absolute atomic E-state index is 12.2. The van der Waals surface area contributed by atoms with Gasteiger partial charge in [-0.3, -0.25) is 0 Å². The van der Waals surface area contributed by atoms with Gasteiger partial charge in [0.25, 0.3) is 0 Å². The number of aromatic nitrogens is 4. The summed E-state index contributed by atoms with van der Waals surface area (Å²) in [4.78, 5) is 25.7. The highest BCUT2D eigenvalue weighted by Gasteiger charge is 2.40. The van der Waals surface area contributed by atoms with Crippen molar-refractivity contribution in [2.75, 3.05) is 39.9 Å². The summed E-state index contributed by atoms with van der Waals surface area (Å²) >= 11 is 0. The Morgan fingerprint density at radius 2 is 1.70 bits per heavy atom.